The molecule has 2 atom stereocenters. The van der Waals surface area contributed by atoms with Gasteiger partial charge in [-0.25, -0.2) is 8.42 Å². The van der Waals surface area contributed by atoms with Gasteiger partial charge >= 0.3 is 0 Å². The van der Waals surface area contributed by atoms with E-state index in [-0.39, 0.29) is 18.2 Å². The second-order valence-electron chi connectivity index (χ2n) is 7.97. The molecule has 5 nitrogen and oxygen atoms in total. The van der Waals surface area contributed by atoms with Gasteiger partial charge in [0.1, 0.15) is 17.5 Å². The second-order valence-corrected chi connectivity index (χ2v) is 9.94. The van der Waals surface area contributed by atoms with Crippen molar-refractivity contribution in [3.63, 3.8) is 0 Å². The normalized spacial score (nSPS) is 23.6. The zero-order valence-electron chi connectivity index (χ0n) is 16.5. The average Bonchev–Trinajstić information content (AvgIpc) is 2.64. The number of hydrogen-bond donors (Lipinski definition) is 1. The van der Waals surface area contributed by atoms with Crippen LogP contribution in [0.5, 0.6) is 5.75 Å². The van der Waals surface area contributed by atoms with Crippen LogP contribution in [0.3, 0.4) is 0 Å². The predicted octanol–water partition coefficient (Wildman–Crippen LogP) is 3.45. The molecule has 1 fully saturated rings. The Bertz CT molecular complexity index is 855. The van der Waals surface area contributed by atoms with Crippen LogP contribution >= 0.6 is 0 Å². The number of ether oxygens (including phenoxy) is 1. The Hall–Kier alpha value is -1.89. The molecule has 0 amide bonds. The van der Waals surface area contributed by atoms with Crippen LogP contribution < -0.4 is 4.74 Å². The molecule has 2 aromatic rings. The molecule has 2 aromatic carbocycles. The molecule has 1 aliphatic rings. The highest BCUT2D eigenvalue weighted by Crippen LogP contribution is 2.33. The first-order chi connectivity index (χ1) is 13.3. The summed E-state index contributed by atoms with van der Waals surface area (Å²) in [6.07, 6.45) is 0.310. The summed E-state index contributed by atoms with van der Waals surface area (Å²) in [6, 6.07) is 18.4. The summed E-state index contributed by atoms with van der Waals surface area (Å²) >= 11 is 0. The van der Waals surface area contributed by atoms with Gasteiger partial charge in [0.2, 0.25) is 10.0 Å². The molecule has 3 rings (SSSR count). The molecule has 1 aliphatic heterocycles. The van der Waals surface area contributed by atoms with E-state index in [1.807, 2.05) is 60.7 Å². The highest BCUT2D eigenvalue weighted by molar-refractivity contribution is 7.88. The number of benzene rings is 2. The van der Waals surface area contributed by atoms with Crippen molar-refractivity contribution < 1.29 is 18.3 Å². The van der Waals surface area contributed by atoms with Crippen LogP contribution in [0.25, 0.3) is 0 Å². The highest BCUT2D eigenvalue weighted by Gasteiger charge is 2.46. The summed E-state index contributed by atoms with van der Waals surface area (Å²) in [7, 11) is -3.50. The summed E-state index contributed by atoms with van der Waals surface area (Å²) in [4.78, 5) is 0. The van der Waals surface area contributed by atoms with Crippen molar-refractivity contribution in [1.29, 1.82) is 0 Å². The van der Waals surface area contributed by atoms with E-state index in [2.05, 4.69) is 13.8 Å². The van der Waals surface area contributed by atoms with Crippen molar-refractivity contribution >= 4 is 10.0 Å². The number of hydrogen-bond acceptors (Lipinski definition) is 4. The zero-order chi connectivity index (χ0) is 20.2. The molecule has 0 saturated carbocycles. The Labute approximate surface area is 168 Å². The molecule has 1 saturated heterocycles. The van der Waals surface area contributed by atoms with E-state index in [1.165, 1.54) is 4.31 Å². The van der Waals surface area contributed by atoms with E-state index in [0.717, 1.165) is 5.56 Å². The van der Waals surface area contributed by atoms with Crippen LogP contribution in [-0.4, -0.2) is 42.6 Å². The lowest BCUT2D eigenvalue weighted by atomic mass is 9.82. The van der Waals surface area contributed by atoms with Crippen molar-refractivity contribution in [1.82, 2.24) is 4.31 Å². The SMILES string of the molecule is CC(C)C[C@]1(O)CCN(S(=O)(=O)Cc2ccccc2)C[C@@H]1Oc1ccccc1. The second kappa shape index (κ2) is 8.64. The number of nitrogens with zero attached hydrogens (tertiary/aromatic N) is 1. The van der Waals surface area contributed by atoms with Gasteiger partial charge in [0, 0.05) is 6.54 Å². The fourth-order valence-corrected chi connectivity index (χ4v) is 5.33. The van der Waals surface area contributed by atoms with E-state index >= 15 is 0 Å². The van der Waals surface area contributed by atoms with Gasteiger partial charge in [-0.2, -0.15) is 4.31 Å². The molecule has 28 heavy (non-hydrogen) atoms. The van der Waals surface area contributed by atoms with Gasteiger partial charge in [-0.15, -0.1) is 0 Å². The van der Waals surface area contributed by atoms with E-state index in [1.54, 1.807) is 0 Å². The Morgan fingerprint density at radius 1 is 1.11 bits per heavy atom. The van der Waals surface area contributed by atoms with Gasteiger partial charge in [-0.1, -0.05) is 62.4 Å². The average molecular weight is 404 g/mol. The fraction of sp³-hybridized carbons (Fsp3) is 0.455. The molecule has 0 bridgehead atoms. The molecule has 152 valence electrons. The monoisotopic (exact) mass is 403 g/mol. The van der Waals surface area contributed by atoms with Gasteiger partial charge in [0.05, 0.1) is 12.3 Å². The maximum atomic E-state index is 13.0. The number of sulfonamides is 1. The summed E-state index contributed by atoms with van der Waals surface area (Å²) < 4.78 is 33.5. The molecule has 0 spiro atoms. The molecule has 0 radical (unpaired) electrons. The molecule has 1 heterocycles. The molecule has 6 heteroatoms. The molecule has 0 aromatic heterocycles. The smallest absolute Gasteiger partial charge is 0.218 e. The van der Waals surface area contributed by atoms with Crippen LogP contribution in [0.15, 0.2) is 60.7 Å². The number of rotatable bonds is 7. The third kappa shape index (κ3) is 5.13. The lowest BCUT2D eigenvalue weighted by Gasteiger charge is -2.44. The van der Waals surface area contributed by atoms with E-state index < -0.39 is 21.7 Å². The quantitative estimate of drug-likeness (QED) is 0.769. The summed E-state index contributed by atoms with van der Waals surface area (Å²) in [5.41, 5.74) is -0.297. The largest absolute Gasteiger partial charge is 0.486 e. The maximum absolute atomic E-state index is 13.0. The first kappa shape index (κ1) is 20.8. The Balaban J connectivity index is 1.80. The van der Waals surface area contributed by atoms with E-state index in [4.69, 9.17) is 4.74 Å². The molecule has 0 aliphatic carbocycles. The van der Waals surface area contributed by atoms with E-state index in [9.17, 15) is 13.5 Å². The van der Waals surface area contributed by atoms with Gasteiger partial charge in [0.15, 0.2) is 0 Å². The first-order valence-corrected chi connectivity index (χ1v) is 11.4. The van der Waals surface area contributed by atoms with Crippen LogP contribution in [-0.2, 0) is 15.8 Å². The van der Waals surface area contributed by atoms with Gasteiger partial charge in [-0.3, -0.25) is 0 Å². The molecular weight excluding hydrogens is 374 g/mol. The number of aliphatic hydroxyl groups is 1. The lowest BCUT2D eigenvalue weighted by molar-refractivity contribution is -0.105. The van der Waals surface area contributed by atoms with E-state index in [0.29, 0.717) is 25.1 Å². The standard InChI is InChI=1S/C22H29NO4S/c1-18(2)15-22(24)13-14-23(16-21(22)27-20-11-7-4-8-12-20)28(25,26)17-19-9-5-3-6-10-19/h3-12,18,21,24H,13-17H2,1-2H3/t21-,22+/m0/s1. The van der Waals surface area contributed by atoms with Crippen molar-refractivity contribution in [3.8, 4) is 5.75 Å². The minimum absolute atomic E-state index is 0.0471. The van der Waals surface area contributed by atoms with Gasteiger partial charge in [0.25, 0.3) is 0 Å². The van der Waals surface area contributed by atoms with Crippen LogP contribution in [0, 0.1) is 5.92 Å². The Kier molecular flexibility index (Phi) is 6.43. The summed E-state index contributed by atoms with van der Waals surface area (Å²) in [6.45, 7) is 4.55. The van der Waals surface area contributed by atoms with Crippen molar-refractivity contribution in [2.45, 2.75) is 44.1 Å². The van der Waals surface area contributed by atoms with Crippen LogP contribution in [0.4, 0.5) is 0 Å². The topological polar surface area (TPSA) is 66.8 Å². The highest BCUT2D eigenvalue weighted by atomic mass is 32.2. The van der Waals surface area contributed by atoms with Crippen molar-refractivity contribution in [2.75, 3.05) is 13.1 Å². The Morgan fingerprint density at radius 3 is 2.32 bits per heavy atom. The fourth-order valence-electron chi connectivity index (χ4n) is 3.80. The predicted molar refractivity (Wildman–Crippen MR) is 111 cm³/mol. The zero-order valence-corrected chi connectivity index (χ0v) is 17.3. The van der Waals surface area contributed by atoms with Gasteiger partial charge in [-0.05, 0) is 36.5 Å². The van der Waals surface area contributed by atoms with Gasteiger partial charge < -0.3 is 9.84 Å². The third-order valence-corrected chi connectivity index (χ3v) is 6.95. The number of para-hydroxylation sites is 1. The molecule has 1 N–H and O–H groups in total. The molecule has 0 unspecified atom stereocenters. The summed E-state index contributed by atoms with van der Waals surface area (Å²) in [5.74, 6) is 0.866. The lowest BCUT2D eigenvalue weighted by Crippen LogP contribution is -2.59. The molecular formula is C22H29NO4S. The van der Waals surface area contributed by atoms with Crippen LogP contribution in [0.1, 0.15) is 32.3 Å². The maximum Gasteiger partial charge on any atom is 0.218 e. The minimum Gasteiger partial charge on any atom is -0.486 e. The third-order valence-electron chi connectivity index (χ3n) is 5.13. The number of piperidine rings is 1. The minimum atomic E-state index is -3.50. The van der Waals surface area contributed by atoms with Crippen molar-refractivity contribution in [3.05, 3.63) is 66.2 Å². The van der Waals surface area contributed by atoms with Crippen LogP contribution in [0.2, 0.25) is 0 Å². The first-order valence-electron chi connectivity index (χ1n) is 9.74. The van der Waals surface area contributed by atoms with Crippen molar-refractivity contribution in [2.24, 2.45) is 5.92 Å². The Morgan fingerprint density at radius 2 is 1.71 bits per heavy atom. The summed E-state index contributed by atoms with van der Waals surface area (Å²) in [5, 5.41) is 11.3.